The first kappa shape index (κ1) is 18.2. The molecule has 1 aromatic heterocycles. The topological polar surface area (TPSA) is 91.4 Å². The predicted octanol–water partition coefficient (Wildman–Crippen LogP) is 2.19. The van der Waals surface area contributed by atoms with Gasteiger partial charge in [0.1, 0.15) is 5.75 Å². The molecule has 0 aliphatic carbocycles. The summed E-state index contributed by atoms with van der Waals surface area (Å²) in [6.07, 6.45) is 1.05. The monoisotopic (exact) mass is 376 g/mol. The molecule has 0 bridgehead atoms. The number of hydrogen-bond acceptors (Lipinski definition) is 7. The van der Waals surface area contributed by atoms with Gasteiger partial charge in [-0.25, -0.2) is 0 Å². The van der Waals surface area contributed by atoms with Crippen molar-refractivity contribution in [2.24, 2.45) is 0 Å². The van der Waals surface area contributed by atoms with Crippen LogP contribution in [0.5, 0.6) is 5.75 Å². The van der Waals surface area contributed by atoms with Crippen molar-refractivity contribution in [2.75, 3.05) is 43.4 Å². The lowest BCUT2D eigenvalue weighted by Crippen LogP contribution is -2.47. The molecule has 3 aromatic rings. The van der Waals surface area contributed by atoms with Gasteiger partial charge in [0.2, 0.25) is 11.9 Å². The van der Waals surface area contributed by atoms with Crippen LogP contribution in [0.1, 0.15) is 5.56 Å². The van der Waals surface area contributed by atoms with Gasteiger partial charge in [-0.15, -0.1) is 0 Å². The zero-order valence-corrected chi connectivity index (χ0v) is 15.7. The highest BCUT2D eigenvalue weighted by Crippen LogP contribution is 2.27. The number of benzene rings is 2. The number of nitrogen functional groups attached to an aromatic ring is 1. The van der Waals surface area contributed by atoms with Gasteiger partial charge in [-0.2, -0.15) is 15.0 Å². The summed E-state index contributed by atoms with van der Waals surface area (Å²) in [5.41, 5.74) is 7.83. The van der Waals surface area contributed by atoms with Gasteiger partial charge in [0.05, 0.1) is 5.56 Å². The smallest absolute Gasteiger partial charge is 0.230 e. The molecule has 1 aliphatic rings. The van der Waals surface area contributed by atoms with E-state index in [4.69, 9.17) is 5.73 Å². The predicted molar refractivity (Wildman–Crippen MR) is 110 cm³/mol. The number of rotatable bonds is 5. The lowest BCUT2D eigenvalue weighted by atomic mass is 10.1. The Morgan fingerprint density at radius 3 is 2.32 bits per heavy atom. The summed E-state index contributed by atoms with van der Waals surface area (Å²) in [6.45, 7) is 4.60. The van der Waals surface area contributed by atoms with E-state index in [0.717, 1.165) is 39.1 Å². The normalized spacial score (nSPS) is 14.9. The van der Waals surface area contributed by atoms with E-state index in [1.165, 1.54) is 5.56 Å². The van der Waals surface area contributed by atoms with Crippen molar-refractivity contribution >= 4 is 11.9 Å². The van der Waals surface area contributed by atoms with Gasteiger partial charge in [0.25, 0.3) is 0 Å². The number of aromatic nitrogens is 3. The third-order valence-corrected chi connectivity index (χ3v) is 5.00. The minimum atomic E-state index is 0.129. The van der Waals surface area contributed by atoms with Crippen LogP contribution in [-0.4, -0.2) is 57.7 Å². The summed E-state index contributed by atoms with van der Waals surface area (Å²) in [7, 11) is 0. The van der Waals surface area contributed by atoms with E-state index < -0.39 is 0 Å². The number of aromatic hydroxyl groups is 1. The second-order valence-electron chi connectivity index (χ2n) is 6.90. The summed E-state index contributed by atoms with van der Waals surface area (Å²) < 4.78 is 0. The molecular formula is C21H24N6O. The van der Waals surface area contributed by atoms with E-state index in [-0.39, 0.29) is 11.7 Å². The van der Waals surface area contributed by atoms with Crippen molar-refractivity contribution < 1.29 is 5.11 Å². The Labute approximate surface area is 164 Å². The summed E-state index contributed by atoms with van der Waals surface area (Å²) in [5, 5.41) is 10.1. The fourth-order valence-corrected chi connectivity index (χ4v) is 3.41. The van der Waals surface area contributed by atoms with Gasteiger partial charge in [-0.3, -0.25) is 4.90 Å². The molecule has 4 rings (SSSR count). The van der Waals surface area contributed by atoms with E-state index >= 15 is 0 Å². The molecule has 2 heterocycles. The second kappa shape index (κ2) is 8.22. The van der Waals surface area contributed by atoms with Crippen LogP contribution in [-0.2, 0) is 6.42 Å². The highest BCUT2D eigenvalue weighted by Gasteiger charge is 2.20. The Hall–Kier alpha value is -3.19. The number of phenols is 1. The third kappa shape index (κ3) is 4.20. The van der Waals surface area contributed by atoms with E-state index in [0.29, 0.717) is 17.3 Å². The maximum atomic E-state index is 10.1. The molecule has 0 amide bonds. The minimum absolute atomic E-state index is 0.129. The standard InChI is InChI=1S/C21H24N6O/c22-20-23-19(17-8-4-5-9-18(17)28)24-21(25-20)27-14-12-26(13-15-27)11-10-16-6-2-1-3-7-16/h1-9,28H,10-15H2,(H2,22,23,24,25). The van der Waals surface area contributed by atoms with Crippen LogP contribution in [0.15, 0.2) is 54.6 Å². The Bertz CT molecular complexity index is 925. The van der Waals surface area contributed by atoms with Crippen LogP contribution in [0.3, 0.4) is 0 Å². The number of nitrogens with two attached hydrogens (primary N) is 1. The van der Waals surface area contributed by atoms with Crippen molar-refractivity contribution in [1.29, 1.82) is 0 Å². The van der Waals surface area contributed by atoms with Gasteiger partial charge < -0.3 is 15.7 Å². The highest BCUT2D eigenvalue weighted by atomic mass is 16.3. The molecule has 1 saturated heterocycles. The lowest BCUT2D eigenvalue weighted by Gasteiger charge is -2.34. The average molecular weight is 376 g/mol. The summed E-state index contributed by atoms with van der Waals surface area (Å²) in [6, 6.07) is 17.5. The van der Waals surface area contributed by atoms with Crippen molar-refractivity contribution in [3.63, 3.8) is 0 Å². The van der Waals surface area contributed by atoms with Crippen LogP contribution in [0.25, 0.3) is 11.4 Å². The number of anilines is 2. The summed E-state index contributed by atoms with van der Waals surface area (Å²) in [5.74, 6) is 1.25. The molecule has 28 heavy (non-hydrogen) atoms. The fourth-order valence-electron chi connectivity index (χ4n) is 3.41. The van der Waals surface area contributed by atoms with Crippen LogP contribution in [0, 0.1) is 0 Å². The first-order chi connectivity index (χ1) is 13.7. The second-order valence-corrected chi connectivity index (χ2v) is 6.90. The Balaban J connectivity index is 1.41. The van der Waals surface area contributed by atoms with Gasteiger partial charge in [-0.05, 0) is 24.1 Å². The van der Waals surface area contributed by atoms with Crippen molar-refractivity contribution in [3.8, 4) is 17.1 Å². The average Bonchev–Trinajstić information content (AvgIpc) is 2.73. The molecule has 1 fully saturated rings. The first-order valence-electron chi connectivity index (χ1n) is 9.50. The van der Waals surface area contributed by atoms with E-state index in [1.54, 1.807) is 18.2 Å². The van der Waals surface area contributed by atoms with Crippen LogP contribution in [0.4, 0.5) is 11.9 Å². The van der Waals surface area contributed by atoms with E-state index in [2.05, 4.69) is 49.0 Å². The lowest BCUT2D eigenvalue weighted by molar-refractivity contribution is 0.260. The molecule has 0 spiro atoms. The number of piperazine rings is 1. The van der Waals surface area contributed by atoms with E-state index in [9.17, 15) is 5.11 Å². The Morgan fingerprint density at radius 1 is 0.857 bits per heavy atom. The van der Waals surface area contributed by atoms with Gasteiger partial charge in [-0.1, -0.05) is 42.5 Å². The molecule has 7 heteroatoms. The fraction of sp³-hybridized carbons (Fsp3) is 0.286. The highest BCUT2D eigenvalue weighted by molar-refractivity contribution is 5.65. The zero-order chi connectivity index (χ0) is 19.3. The number of phenolic OH excluding ortho intramolecular Hbond substituents is 1. The number of para-hydroxylation sites is 1. The Kier molecular flexibility index (Phi) is 5.34. The van der Waals surface area contributed by atoms with Crippen molar-refractivity contribution in [3.05, 3.63) is 60.2 Å². The zero-order valence-electron chi connectivity index (χ0n) is 15.7. The van der Waals surface area contributed by atoms with Crippen LogP contribution >= 0.6 is 0 Å². The Morgan fingerprint density at radius 2 is 1.57 bits per heavy atom. The molecule has 1 aliphatic heterocycles. The van der Waals surface area contributed by atoms with Gasteiger partial charge in [0, 0.05) is 32.7 Å². The van der Waals surface area contributed by atoms with Crippen LogP contribution in [0.2, 0.25) is 0 Å². The van der Waals surface area contributed by atoms with Gasteiger partial charge >= 0.3 is 0 Å². The number of nitrogens with zero attached hydrogens (tertiary/aromatic N) is 5. The van der Waals surface area contributed by atoms with Crippen LogP contribution < -0.4 is 10.6 Å². The summed E-state index contributed by atoms with van der Waals surface area (Å²) in [4.78, 5) is 17.6. The molecular weight excluding hydrogens is 352 g/mol. The molecule has 0 unspecified atom stereocenters. The molecule has 144 valence electrons. The first-order valence-corrected chi connectivity index (χ1v) is 9.50. The van der Waals surface area contributed by atoms with Gasteiger partial charge in [0.15, 0.2) is 5.82 Å². The SMILES string of the molecule is Nc1nc(-c2ccccc2O)nc(N2CCN(CCc3ccccc3)CC2)n1. The molecule has 0 radical (unpaired) electrons. The van der Waals surface area contributed by atoms with Crippen molar-refractivity contribution in [1.82, 2.24) is 19.9 Å². The summed E-state index contributed by atoms with van der Waals surface area (Å²) >= 11 is 0. The molecule has 7 nitrogen and oxygen atoms in total. The van der Waals surface area contributed by atoms with Crippen molar-refractivity contribution in [2.45, 2.75) is 6.42 Å². The quantitative estimate of drug-likeness (QED) is 0.705. The molecule has 0 atom stereocenters. The largest absolute Gasteiger partial charge is 0.507 e. The maximum absolute atomic E-state index is 10.1. The molecule has 0 saturated carbocycles. The maximum Gasteiger partial charge on any atom is 0.230 e. The number of hydrogen-bond donors (Lipinski definition) is 2. The third-order valence-electron chi connectivity index (χ3n) is 5.00. The molecule has 2 aromatic carbocycles. The minimum Gasteiger partial charge on any atom is -0.507 e. The molecule has 3 N–H and O–H groups in total. The van der Waals surface area contributed by atoms with E-state index in [1.807, 2.05) is 12.1 Å².